The Morgan fingerprint density at radius 3 is 0.956 bits per heavy atom. The lowest BCUT2D eigenvalue weighted by Gasteiger charge is -2.19. The van der Waals surface area contributed by atoms with Crippen LogP contribution in [0, 0.1) is 0 Å². The lowest BCUT2D eigenvalue weighted by atomic mass is 9.84. The molecule has 0 N–H and O–H groups in total. The molecule has 22 rings (SSSR count). The van der Waals surface area contributed by atoms with Crippen molar-refractivity contribution >= 4 is 97.0 Å². The fraction of sp³-hybridized carbons (Fsp3) is 0. The number of aromatic nitrogens is 6. The number of benzene rings is 16. The highest BCUT2D eigenvalue weighted by atomic mass is 14.7. The van der Waals surface area contributed by atoms with Gasteiger partial charge >= 0.3 is 0 Å². The second kappa shape index (κ2) is 30.0. The first-order chi connectivity index (χ1) is 56.6. The highest BCUT2D eigenvalue weighted by Gasteiger charge is 2.23. The molecular formula is C108H70N6. The van der Waals surface area contributed by atoms with Crippen molar-refractivity contribution in [2.45, 2.75) is 0 Å². The van der Waals surface area contributed by atoms with E-state index in [1.807, 2.05) is 61.2 Å². The maximum absolute atomic E-state index is 5.18. The van der Waals surface area contributed by atoms with Crippen LogP contribution in [0.1, 0.15) is 0 Å². The van der Waals surface area contributed by atoms with E-state index in [-0.39, 0.29) is 0 Å². The van der Waals surface area contributed by atoms with Gasteiger partial charge in [0.05, 0.1) is 22.8 Å². The van der Waals surface area contributed by atoms with E-state index in [4.69, 9.17) is 15.0 Å². The highest BCUT2D eigenvalue weighted by Crippen LogP contribution is 2.50. The second-order valence-electron chi connectivity index (χ2n) is 28.7. The maximum atomic E-state index is 5.18. The molecule has 6 aromatic heterocycles. The lowest BCUT2D eigenvalue weighted by Crippen LogP contribution is -1.94. The first kappa shape index (κ1) is 68.1. The summed E-state index contributed by atoms with van der Waals surface area (Å²) in [7, 11) is 0. The molecule has 6 heterocycles. The quantitative estimate of drug-likeness (QED) is 0.100. The first-order valence-electron chi connectivity index (χ1n) is 38.6. The lowest BCUT2D eigenvalue weighted by molar-refractivity contribution is 1.29. The Morgan fingerprint density at radius 1 is 0.149 bits per heavy atom. The minimum atomic E-state index is 0.942. The Hall–Kier alpha value is -15.2. The average Bonchev–Trinajstić information content (AvgIpc) is 0.734. The topological polar surface area (TPSA) is 77.3 Å². The molecule has 0 aliphatic carbocycles. The van der Waals surface area contributed by atoms with Gasteiger partial charge < -0.3 is 0 Å². The number of hydrogen-bond donors (Lipinski definition) is 0. The molecule has 0 aliphatic heterocycles. The summed E-state index contributed by atoms with van der Waals surface area (Å²) in [6.07, 6.45) is 14.8. The molecule has 16 aromatic carbocycles. The third kappa shape index (κ3) is 12.6. The smallest absolute Gasteiger partial charge is 0.0722 e. The van der Waals surface area contributed by atoms with Crippen molar-refractivity contribution in [3.8, 4) is 112 Å². The molecule has 0 spiro atoms. The predicted octanol–water partition coefficient (Wildman–Crippen LogP) is 28.5. The molecule has 0 saturated carbocycles. The van der Waals surface area contributed by atoms with Crippen LogP contribution in [-0.4, -0.2) is 29.9 Å². The van der Waals surface area contributed by atoms with Gasteiger partial charge in [-0.3, -0.25) is 24.9 Å². The Morgan fingerprint density at radius 2 is 0.482 bits per heavy atom. The molecule has 22 aromatic rings. The molecular weight excluding hydrogens is 1380 g/mol. The number of rotatable bonds is 10. The van der Waals surface area contributed by atoms with E-state index in [0.29, 0.717) is 0 Å². The summed E-state index contributed by atoms with van der Waals surface area (Å²) in [6.45, 7) is 0. The molecule has 0 radical (unpaired) electrons. The fourth-order valence-corrected chi connectivity index (χ4v) is 17.1. The molecule has 114 heavy (non-hydrogen) atoms. The van der Waals surface area contributed by atoms with Crippen molar-refractivity contribution in [2.24, 2.45) is 0 Å². The van der Waals surface area contributed by atoms with E-state index in [1.54, 1.807) is 24.8 Å². The van der Waals surface area contributed by atoms with Crippen LogP contribution in [-0.2, 0) is 0 Å². The summed E-state index contributed by atoms with van der Waals surface area (Å²) in [6, 6.07) is 134. The SMILES string of the molecule is c1cc(-c2ccncc2)nc(-c2c3ccccc3c(-c3cc4ccccc4c4ccccc34)c3ccccc23)c1.c1ccc(-c2cccc(-c3c4ccccc4c(-c4ccc(-c5ccncc5)nc4)c4ccccc34)c2)cc1.c1ccc2c(-c3c4ccccc4c(-c4ccc(-c5ccncc5)nc4)c4ccccc34)cccc2c1. The largest absolute Gasteiger partial charge is 0.265 e. The van der Waals surface area contributed by atoms with Crippen LogP contribution in [0.25, 0.3) is 209 Å². The van der Waals surface area contributed by atoms with E-state index < -0.39 is 0 Å². The molecule has 0 aliphatic rings. The van der Waals surface area contributed by atoms with Gasteiger partial charge in [-0.05, 0) is 225 Å². The third-order valence-corrected chi connectivity index (χ3v) is 22.2. The van der Waals surface area contributed by atoms with Crippen molar-refractivity contribution in [1.29, 1.82) is 0 Å². The molecule has 6 heteroatoms. The van der Waals surface area contributed by atoms with Crippen LogP contribution >= 0.6 is 0 Å². The van der Waals surface area contributed by atoms with E-state index in [9.17, 15) is 0 Å². The summed E-state index contributed by atoms with van der Waals surface area (Å²) in [5.74, 6) is 0. The summed E-state index contributed by atoms with van der Waals surface area (Å²) < 4.78 is 0. The molecule has 0 fully saturated rings. The van der Waals surface area contributed by atoms with Crippen molar-refractivity contribution < 1.29 is 0 Å². The van der Waals surface area contributed by atoms with Gasteiger partial charge in [0.1, 0.15) is 0 Å². The average molecular weight is 1450 g/mol. The Labute approximate surface area is 660 Å². The van der Waals surface area contributed by atoms with Gasteiger partial charge in [-0.25, -0.2) is 4.98 Å². The van der Waals surface area contributed by atoms with Gasteiger partial charge in [0.25, 0.3) is 0 Å². The van der Waals surface area contributed by atoms with E-state index in [2.05, 4.69) is 355 Å². The Bertz CT molecular complexity index is 7200. The third-order valence-electron chi connectivity index (χ3n) is 22.2. The molecule has 532 valence electrons. The zero-order valence-electron chi connectivity index (χ0n) is 62.1. The highest BCUT2D eigenvalue weighted by molar-refractivity contribution is 6.27. The van der Waals surface area contributed by atoms with Crippen molar-refractivity contribution in [3.63, 3.8) is 0 Å². The van der Waals surface area contributed by atoms with Crippen LogP contribution < -0.4 is 0 Å². The summed E-state index contributed by atoms with van der Waals surface area (Å²) >= 11 is 0. The normalized spacial score (nSPS) is 11.3. The molecule has 0 unspecified atom stereocenters. The minimum absolute atomic E-state index is 0.942. The summed E-state index contributed by atoms with van der Waals surface area (Å²) in [5.41, 5.74) is 22.8. The molecule has 0 saturated heterocycles. The van der Waals surface area contributed by atoms with Crippen LogP contribution in [0.2, 0.25) is 0 Å². The number of hydrogen-bond acceptors (Lipinski definition) is 6. The number of fused-ring (bicyclic) bond motifs is 10. The molecule has 6 nitrogen and oxygen atoms in total. The summed E-state index contributed by atoms with van der Waals surface area (Å²) in [4.78, 5) is 27.3. The van der Waals surface area contributed by atoms with E-state index >= 15 is 0 Å². The van der Waals surface area contributed by atoms with Crippen molar-refractivity contribution in [1.82, 2.24) is 29.9 Å². The van der Waals surface area contributed by atoms with Crippen molar-refractivity contribution in [3.05, 3.63) is 426 Å². The van der Waals surface area contributed by atoms with Gasteiger partial charge in [-0.1, -0.05) is 303 Å². The van der Waals surface area contributed by atoms with Crippen LogP contribution in [0.5, 0.6) is 0 Å². The fourth-order valence-electron chi connectivity index (χ4n) is 17.1. The monoisotopic (exact) mass is 1450 g/mol. The van der Waals surface area contributed by atoms with Gasteiger partial charge in [-0.2, -0.15) is 0 Å². The second-order valence-corrected chi connectivity index (χ2v) is 28.7. The first-order valence-corrected chi connectivity index (χ1v) is 38.6. The van der Waals surface area contributed by atoms with Crippen LogP contribution in [0.3, 0.4) is 0 Å². The molecule has 0 bridgehead atoms. The van der Waals surface area contributed by atoms with Gasteiger partial charge in [0.15, 0.2) is 0 Å². The maximum Gasteiger partial charge on any atom is 0.0722 e. The Balaban J connectivity index is 0.000000111. The molecule has 0 atom stereocenters. The van der Waals surface area contributed by atoms with E-state index in [0.717, 1.165) is 56.2 Å². The standard InChI is InChI=1S/C38H24N2.C36H24N2.C34H22N2/c1-2-11-27-26(10-1)24-34(29-13-4-3-12-28(27)29)37-30-14-5-7-16-32(30)38(33-17-8-6-15-31(33)37)36-19-9-18-35(40-36)25-20-22-39-23-21-25;1-2-9-25(10-3-1)27-11-8-12-28(23-27)35-30-13-4-6-15-32(30)36(33-16-7-5-14-31(33)35)29-17-18-34(38-24-29)26-19-21-37-22-20-26;1-2-10-26-23(8-1)9-7-15-27(26)34-30-13-5-3-11-28(30)33(29-12-4-6-14-31(29)34)25-16-17-32(36-22-25)24-18-20-35-21-19-24/h1-24H;1-24H;1-22H. The Kier molecular flexibility index (Phi) is 17.9. The minimum Gasteiger partial charge on any atom is -0.265 e. The van der Waals surface area contributed by atoms with Crippen LogP contribution in [0.4, 0.5) is 0 Å². The number of pyridine rings is 6. The number of nitrogens with zero attached hydrogens (tertiary/aromatic N) is 6. The zero-order chi connectivity index (χ0) is 75.7. The zero-order valence-corrected chi connectivity index (χ0v) is 62.1. The van der Waals surface area contributed by atoms with Gasteiger partial charge in [0.2, 0.25) is 0 Å². The van der Waals surface area contributed by atoms with E-state index in [1.165, 1.54) is 153 Å². The van der Waals surface area contributed by atoms with Crippen molar-refractivity contribution in [2.75, 3.05) is 0 Å². The van der Waals surface area contributed by atoms with Gasteiger partial charge in [-0.15, -0.1) is 0 Å². The molecule has 0 amide bonds. The van der Waals surface area contributed by atoms with Crippen LogP contribution in [0.15, 0.2) is 426 Å². The predicted molar refractivity (Wildman–Crippen MR) is 478 cm³/mol. The van der Waals surface area contributed by atoms with Gasteiger partial charge in [0, 0.05) is 83.0 Å². The summed E-state index contributed by atoms with van der Waals surface area (Å²) in [5, 5.41) is 22.4.